The van der Waals surface area contributed by atoms with Gasteiger partial charge in [0.05, 0.1) is 11.7 Å². The van der Waals surface area contributed by atoms with Gasteiger partial charge in [0.2, 0.25) is 5.91 Å². The second kappa shape index (κ2) is 6.12. The van der Waals surface area contributed by atoms with E-state index < -0.39 is 6.04 Å². The number of carbonyl (C=O) groups is 2. The van der Waals surface area contributed by atoms with Crippen molar-refractivity contribution in [1.29, 1.82) is 0 Å². The predicted octanol–water partition coefficient (Wildman–Crippen LogP) is 1.65. The van der Waals surface area contributed by atoms with Crippen molar-refractivity contribution < 1.29 is 14.3 Å². The highest BCUT2D eigenvalue weighted by Gasteiger charge is 2.20. The molecule has 120 valence electrons. The first-order chi connectivity index (χ1) is 11.0. The maximum absolute atomic E-state index is 12.3. The number of rotatable bonds is 4. The second-order valence-electron chi connectivity index (χ2n) is 5.48. The molecule has 3 rings (SSSR count). The van der Waals surface area contributed by atoms with Crippen LogP contribution in [0.25, 0.3) is 0 Å². The van der Waals surface area contributed by atoms with Gasteiger partial charge in [-0.05, 0) is 37.6 Å². The highest BCUT2D eigenvalue weighted by Crippen LogP contribution is 2.30. The molecule has 1 aliphatic heterocycles. The van der Waals surface area contributed by atoms with Gasteiger partial charge in [-0.1, -0.05) is 6.07 Å². The van der Waals surface area contributed by atoms with Crippen molar-refractivity contribution >= 4 is 17.5 Å². The average Bonchev–Trinajstić information content (AvgIpc) is 3.07. The molecule has 0 saturated carbocycles. The molecule has 0 fully saturated rings. The first-order valence-electron chi connectivity index (χ1n) is 7.40. The molecule has 7 nitrogen and oxygen atoms in total. The Balaban J connectivity index is 1.71. The predicted molar refractivity (Wildman–Crippen MR) is 84.1 cm³/mol. The summed E-state index contributed by atoms with van der Waals surface area (Å²) in [7, 11) is 0. The Morgan fingerprint density at radius 2 is 2.26 bits per heavy atom. The van der Waals surface area contributed by atoms with E-state index in [-0.39, 0.29) is 24.5 Å². The molecule has 0 bridgehead atoms. The minimum Gasteiger partial charge on any atom is -0.482 e. The fourth-order valence-corrected chi connectivity index (χ4v) is 2.42. The van der Waals surface area contributed by atoms with Gasteiger partial charge in [-0.25, -0.2) is 0 Å². The molecule has 0 spiro atoms. The van der Waals surface area contributed by atoms with Crippen LogP contribution >= 0.6 is 0 Å². The van der Waals surface area contributed by atoms with Crippen LogP contribution < -0.4 is 15.4 Å². The lowest BCUT2D eigenvalue weighted by Crippen LogP contribution is -2.33. The van der Waals surface area contributed by atoms with Crippen molar-refractivity contribution in [3.63, 3.8) is 0 Å². The number of ether oxygens (including phenoxy) is 1. The Morgan fingerprint density at radius 1 is 1.43 bits per heavy atom. The quantitative estimate of drug-likeness (QED) is 0.898. The maximum Gasteiger partial charge on any atom is 0.262 e. The van der Waals surface area contributed by atoms with Crippen molar-refractivity contribution in [3.8, 4) is 5.75 Å². The lowest BCUT2D eigenvalue weighted by Gasteiger charge is -2.22. The lowest BCUT2D eigenvalue weighted by molar-refractivity contribution is -0.124. The minimum absolute atomic E-state index is 0.0278. The molecule has 2 amide bonds. The molecular formula is C16H18N4O3. The number of nitrogens with zero attached hydrogens (tertiary/aromatic N) is 2. The Labute approximate surface area is 133 Å². The summed E-state index contributed by atoms with van der Waals surface area (Å²) in [5, 5.41) is 9.79. The van der Waals surface area contributed by atoms with Gasteiger partial charge in [-0.2, -0.15) is 5.10 Å². The molecule has 7 heteroatoms. The molecule has 2 aromatic rings. The first kappa shape index (κ1) is 15.1. The van der Waals surface area contributed by atoms with Gasteiger partial charge in [0, 0.05) is 12.4 Å². The molecule has 0 saturated heterocycles. The maximum atomic E-state index is 12.3. The SMILES string of the molecule is C[C@H](NC(=O)[C@H](C)n1cccn1)c1ccc2c(c1)NC(=O)CO2. The number of anilines is 1. The van der Waals surface area contributed by atoms with E-state index in [4.69, 9.17) is 4.74 Å². The molecule has 2 atom stereocenters. The van der Waals surface area contributed by atoms with Crippen molar-refractivity contribution in [2.45, 2.75) is 25.9 Å². The zero-order valence-electron chi connectivity index (χ0n) is 12.9. The number of fused-ring (bicyclic) bond motifs is 1. The van der Waals surface area contributed by atoms with Crippen LogP contribution in [0, 0.1) is 0 Å². The fourth-order valence-electron chi connectivity index (χ4n) is 2.42. The monoisotopic (exact) mass is 314 g/mol. The largest absolute Gasteiger partial charge is 0.482 e. The summed E-state index contributed by atoms with van der Waals surface area (Å²) in [5.41, 5.74) is 1.51. The molecule has 0 radical (unpaired) electrons. The van der Waals surface area contributed by atoms with Crippen LogP contribution in [0.2, 0.25) is 0 Å². The van der Waals surface area contributed by atoms with E-state index in [1.165, 1.54) is 0 Å². The number of benzene rings is 1. The van der Waals surface area contributed by atoms with E-state index in [2.05, 4.69) is 15.7 Å². The molecule has 0 aliphatic carbocycles. The zero-order chi connectivity index (χ0) is 16.4. The molecule has 1 aromatic heterocycles. The van der Waals surface area contributed by atoms with Crippen LogP contribution in [0.5, 0.6) is 5.75 Å². The summed E-state index contributed by atoms with van der Waals surface area (Å²) in [6.07, 6.45) is 3.39. The standard InChI is InChI=1S/C16H18N4O3/c1-10(18-16(22)11(2)20-7-3-6-17-20)12-4-5-14-13(8-12)19-15(21)9-23-14/h3-8,10-11H,9H2,1-2H3,(H,18,22)(H,19,21)/t10-,11-/m0/s1. The third kappa shape index (κ3) is 3.18. The van der Waals surface area contributed by atoms with Crippen molar-refractivity contribution in [1.82, 2.24) is 15.1 Å². The Morgan fingerprint density at radius 3 is 3.00 bits per heavy atom. The lowest BCUT2D eigenvalue weighted by atomic mass is 10.1. The molecule has 0 unspecified atom stereocenters. The normalized spacial score (nSPS) is 15.8. The zero-order valence-corrected chi connectivity index (χ0v) is 12.9. The Hall–Kier alpha value is -2.83. The number of hydrogen-bond acceptors (Lipinski definition) is 4. The molecular weight excluding hydrogens is 296 g/mol. The summed E-state index contributed by atoms with van der Waals surface area (Å²) in [6.45, 7) is 3.71. The molecule has 2 heterocycles. The van der Waals surface area contributed by atoms with Gasteiger partial charge < -0.3 is 15.4 Å². The smallest absolute Gasteiger partial charge is 0.262 e. The molecule has 2 N–H and O–H groups in total. The summed E-state index contributed by atoms with van der Waals surface area (Å²) < 4.78 is 6.93. The first-order valence-corrected chi connectivity index (χ1v) is 7.40. The number of amides is 2. The van der Waals surface area contributed by atoms with Gasteiger partial charge in [-0.3, -0.25) is 14.3 Å². The van der Waals surface area contributed by atoms with Gasteiger partial charge in [-0.15, -0.1) is 0 Å². The average molecular weight is 314 g/mol. The van der Waals surface area contributed by atoms with Crippen LogP contribution in [0.4, 0.5) is 5.69 Å². The highest BCUT2D eigenvalue weighted by atomic mass is 16.5. The summed E-state index contributed by atoms with van der Waals surface area (Å²) in [6, 6.07) is 6.66. The van der Waals surface area contributed by atoms with E-state index in [1.54, 1.807) is 36.1 Å². The summed E-state index contributed by atoms with van der Waals surface area (Å²) in [5.74, 6) is 0.328. The number of nitrogens with one attached hydrogen (secondary N) is 2. The van der Waals surface area contributed by atoms with E-state index in [0.29, 0.717) is 11.4 Å². The van der Waals surface area contributed by atoms with Gasteiger partial charge >= 0.3 is 0 Å². The molecule has 1 aliphatic rings. The summed E-state index contributed by atoms with van der Waals surface area (Å²) >= 11 is 0. The second-order valence-corrected chi connectivity index (χ2v) is 5.48. The third-order valence-electron chi connectivity index (χ3n) is 3.80. The van der Waals surface area contributed by atoms with Crippen molar-refractivity contribution in [2.24, 2.45) is 0 Å². The molecule has 23 heavy (non-hydrogen) atoms. The van der Waals surface area contributed by atoms with E-state index in [1.807, 2.05) is 19.1 Å². The van der Waals surface area contributed by atoms with Gasteiger partial charge in [0.1, 0.15) is 11.8 Å². The Kier molecular flexibility index (Phi) is 4.01. The van der Waals surface area contributed by atoms with Crippen LogP contribution in [0.15, 0.2) is 36.7 Å². The summed E-state index contributed by atoms with van der Waals surface area (Å²) in [4.78, 5) is 23.7. The van der Waals surface area contributed by atoms with Gasteiger partial charge in [0.25, 0.3) is 5.91 Å². The number of carbonyl (C=O) groups excluding carboxylic acids is 2. The van der Waals surface area contributed by atoms with Crippen LogP contribution in [-0.2, 0) is 9.59 Å². The van der Waals surface area contributed by atoms with Crippen molar-refractivity contribution in [2.75, 3.05) is 11.9 Å². The van der Waals surface area contributed by atoms with E-state index >= 15 is 0 Å². The fraction of sp³-hybridized carbons (Fsp3) is 0.312. The highest BCUT2D eigenvalue weighted by molar-refractivity contribution is 5.95. The van der Waals surface area contributed by atoms with E-state index in [0.717, 1.165) is 5.56 Å². The number of aromatic nitrogens is 2. The van der Waals surface area contributed by atoms with Crippen LogP contribution in [0.3, 0.4) is 0 Å². The minimum atomic E-state index is -0.395. The Bertz CT molecular complexity index is 727. The number of hydrogen-bond donors (Lipinski definition) is 2. The molecule has 1 aromatic carbocycles. The van der Waals surface area contributed by atoms with Crippen molar-refractivity contribution in [3.05, 3.63) is 42.2 Å². The van der Waals surface area contributed by atoms with E-state index in [9.17, 15) is 9.59 Å². The van der Waals surface area contributed by atoms with Gasteiger partial charge in [0.15, 0.2) is 6.61 Å². The third-order valence-corrected chi connectivity index (χ3v) is 3.80. The van der Waals surface area contributed by atoms with Crippen LogP contribution in [-0.4, -0.2) is 28.2 Å². The topological polar surface area (TPSA) is 85.3 Å². The van der Waals surface area contributed by atoms with Crippen LogP contribution in [0.1, 0.15) is 31.5 Å².